The fraction of sp³-hybridized carbons (Fsp3) is 0.379. The van der Waals surface area contributed by atoms with Crippen molar-refractivity contribution in [2.45, 2.75) is 57.7 Å². The van der Waals surface area contributed by atoms with Gasteiger partial charge in [-0.05, 0) is 43.4 Å². The van der Waals surface area contributed by atoms with E-state index < -0.39 is 28.5 Å². The van der Waals surface area contributed by atoms with Gasteiger partial charge in [0.15, 0.2) is 0 Å². The second-order valence-electron chi connectivity index (χ2n) is 10.0. The van der Waals surface area contributed by atoms with Crippen molar-refractivity contribution in [1.82, 2.24) is 10.2 Å². The van der Waals surface area contributed by atoms with Gasteiger partial charge in [0.25, 0.3) is 0 Å². The van der Waals surface area contributed by atoms with Crippen molar-refractivity contribution in [3.8, 4) is 0 Å². The third-order valence-electron chi connectivity index (χ3n) is 7.22. The summed E-state index contributed by atoms with van der Waals surface area (Å²) in [6.07, 6.45) is 6.10. The SMILES string of the molecule is C[C@H](C(=O)NC1CCCCC1)N(Cc1c(Cl)cccc1Cl)C(=O)CN(c1cccc2ccccc12)S(C)(=O)=O. The van der Waals surface area contributed by atoms with Crippen LogP contribution in [0.5, 0.6) is 0 Å². The maximum Gasteiger partial charge on any atom is 0.244 e. The topological polar surface area (TPSA) is 86.8 Å². The first-order valence-electron chi connectivity index (χ1n) is 13.0. The average molecular weight is 591 g/mol. The number of rotatable bonds is 9. The molecule has 2 amide bonds. The molecule has 1 N–H and O–H groups in total. The minimum Gasteiger partial charge on any atom is -0.352 e. The van der Waals surface area contributed by atoms with Crippen molar-refractivity contribution in [2.24, 2.45) is 0 Å². The Balaban J connectivity index is 1.68. The van der Waals surface area contributed by atoms with Crippen molar-refractivity contribution in [1.29, 1.82) is 0 Å². The summed E-state index contributed by atoms with van der Waals surface area (Å²) in [5.74, 6) is -0.842. The molecule has 0 unspecified atom stereocenters. The number of carbonyl (C=O) groups is 2. The van der Waals surface area contributed by atoms with Crippen molar-refractivity contribution in [3.63, 3.8) is 0 Å². The molecule has 3 aromatic rings. The van der Waals surface area contributed by atoms with Gasteiger partial charge in [0, 0.05) is 33.6 Å². The van der Waals surface area contributed by atoms with E-state index in [4.69, 9.17) is 23.2 Å². The van der Waals surface area contributed by atoms with Crippen molar-refractivity contribution in [3.05, 3.63) is 76.3 Å². The van der Waals surface area contributed by atoms with Gasteiger partial charge < -0.3 is 10.2 Å². The molecule has 0 aliphatic heterocycles. The zero-order valence-electron chi connectivity index (χ0n) is 22.1. The van der Waals surface area contributed by atoms with Crippen molar-refractivity contribution >= 4 is 61.5 Å². The van der Waals surface area contributed by atoms with Crippen LogP contribution < -0.4 is 9.62 Å². The molecule has 1 fully saturated rings. The van der Waals surface area contributed by atoms with Gasteiger partial charge in [0.1, 0.15) is 12.6 Å². The zero-order chi connectivity index (χ0) is 28.2. The maximum atomic E-state index is 13.9. The summed E-state index contributed by atoms with van der Waals surface area (Å²) in [5.41, 5.74) is 0.876. The number of amides is 2. The van der Waals surface area contributed by atoms with E-state index in [0.717, 1.165) is 48.1 Å². The van der Waals surface area contributed by atoms with E-state index in [1.54, 1.807) is 37.3 Å². The number of hydrogen-bond acceptors (Lipinski definition) is 4. The van der Waals surface area contributed by atoms with E-state index >= 15 is 0 Å². The van der Waals surface area contributed by atoms with Crippen molar-refractivity contribution < 1.29 is 18.0 Å². The van der Waals surface area contributed by atoms with E-state index in [2.05, 4.69) is 5.32 Å². The molecule has 39 heavy (non-hydrogen) atoms. The first kappa shape index (κ1) is 29.2. The lowest BCUT2D eigenvalue weighted by molar-refractivity contribution is -0.139. The Morgan fingerprint density at radius 2 is 1.56 bits per heavy atom. The molecule has 0 radical (unpaired) electrons. The van der Waals surface area contributed by atoms with E-state index in [1.165, 1.54) is 4.90 Å². The molecule has 0 heterocycles. The van der Waals surface area contributed by atoms with Crippen LogP contribution in [-0.2, 0) is 26.2 Å². The van der Waals surface area contributed by atoms with Gasteiger partial charge in [0.05, 0.1) is 11.9 Å². The molecule has 1 aliphatic carbocycles. The standard InChI is InChI=1S/C29H33Cl2N3O4S/c1-20(29(36)32-22-12-4-3-5-13-22)33(18-24-25(30)15-9-16-26(24)31)28(35)19-34(39(2,37)38)27-17-8-11-21-10-6-7-14-23(21)27/h6-11,14-17,20,22H,3-5,12-13,18-19H2,1-2H3,(H,32,36)/t20-/m1/s1. The molecule has 7 nitrogen and oxygen atoms in total. The van der Waals surface area contributed by atoms with Crippen LogP contribution in [-0.4, -0.2) is 50.0 Å². The quantitative estimate of drug-likeness (QED) is 0.343. The minimum atomic E-state index is -3.86. The number of sulfonamides is 1. The number of nitrogens with zero attached hydrogens (tertiary/aromatic N) is 2. The molecular weight excluding hydrogens is 557 g/mol. The molecular formula is C29H33Cl2N3O4S. The highest BCUT2D eigenvalue weighted by Gasteiger charge is 2.32. The molecule has 10 heteroatoms. The van der Waals surface area contributed by atoms with Gasteiger partial charge in [-0.3, -0.25) is 13.9 Å². The van der Waals surface area contributed by atoms with Crippen LogP contribution >= 0.6 is 23.2 Å². The molecule has 0 aromatic heterocycles. The average Bonchev–Trinajstić information content (AvgIpc) is 2.91. The summed E-state index contributed by atoms with van der Waals surface area (Å²) >= 11 is 12.9. The first-order valence-corrected chi connectivity index (χ1v) is 15.6. The molecule has 1 atom stereocenters. The van der Waals surface area contributed by atoms with Crippen LogP contribution in [0.1, 0.15) is 44.6 Å². The number of halogens is 2. The lowest BCUT2D eigenvalue weighted by atomic mass is 9.95. The summed E-state index contributed by atoms with van der Waals surface area (Å²) in [6, 6.07) is 16.9. The molecule has 3 aromatic carbocycles. The fourth-order valence-electron chi connectivity index (χ4n) is 5.03. The normalized spacial score (nSPS) is 15.1. The Bertz CT molecular complexity index is 1430. The summed E-state index contributed by atoms with van der Waals surface area (Å²) in [7, 11) is -3.86. The van der Waals surface area contributed by atoms with E-state index in [0.29, 0.717) is 26.7 Å². The highest BCUT2D eigenvalue weighted by Crippen LogP contribution is 2.30. The molecule has 1 aliphatic rings. The lowest BCUT2D eigenvalue weighted by Crippen LogP contribution is -2.53. The van der Waals surface area contributed by atoms with E-state index in [-0.39, 0.29) is 18.5 Å². The van der Waals surface area contributed by atoms with Crippen LogP contribution in [0.4, 0.5) is 5.69 Å². The van der Waals surface area contributed by atoms with Gasteiger partial charge in [-0.1, -0.05) is 84.9 Å². The number of benzene rings is 3. The maximum absolute atomic E-state index is 13.9. The first-order chi connectivity index (χ1) is 18.6. The molecule has 0 spiro atoms. The zero-order valence-corrected chi connectivity index (χ0v) is 24.4. The molecule has 4 rings (SSSR count). The molecule has 208 valence electrons. The molecule has 1 saturated carbocycles. The smallest absolute Gasteiger partial charge is 0.244 e. The van der Waals surface area contributed by atoms with Gasteiger partial charge in [-0.2, -0.15) is 0 Å². The summed E-state index contributed by atoms with van der Waals surface area (Å²) in [4.78, 5) is 28.6. The molecule has 0 bridgehead atoms. The third-order valence-corrected chi connectivity index (χ3v) is 9.06. The number of anilines is 1. The Labute approximate surface area is 240 Å². The lowest BCUT2D eigenvalue weighted by Gasteiger charge is -2.33. The highest BCUT2D eigenvalue weighted by atomic mass is 35.5. The minimum absolute atomic E-state index is 0.0519. The van der Waals surface area contributed by atoms with Gasteiger partial charge in [0.2, 0.25) is 21.8 Å². The second-order valence-corrected chi connectivity index (χ2v) is 12.7. The Morgan fingerprint density at radius 3 is 2.23 bits per heavy atom. The van der Waals surface area contributed by atoms with Gasteiger partial charge in [-0.25, -0.2) is 8.42 Å². The number of hydrogen-bond donors (Lipinski definition) is 1. The largest absolute Gasteiger partial charge is 0.352 e. The highest BCUT2D eigenvalue weighted by molar-refractivity contribution is 7.92. The number of fused-ring (bicyclic) bond motifs is 1. The van der Waals surface area contributed by atoms with E-state index in [1.807, 2.05) is 30.3 Å². The van der Waals surface area contributed by atoms with Crippen LogP contribution in [0.25, 0.3) is 10.8 Å². The summed E-state index contributed by atoms with van der Waals surface area (Å²) < 4.78 is 27.1. The summed E-state index contributed by atoms with van der Waals surface area (Å²) in [6.45, 7) is 1.10. The predicted molar refractivity (Wildman–Crippen MR) is 158 cm³/mol. The Hall–Kier alpha value is -2.81. The van der Waals surface area contributed by atoms with Gasteiger partial charge >= 0.3 is 0 Å². The third kappa shape index (κ3) is 7.04. The van der Waals surface area contributed by atoms with Crippen LogP contribution in [0.3, 0.4) is 0 Å². The number of nitrogens with one attached hydrogen (secondary N) is 1. The van der Waals surface area contributed by atoms with Gasteiger partial charge in [-0.15, -0.1) is 0 Å². The van der Waals surface area contributed by atoms with Crippen LogP contribution in [0.2, 0.25) is 10.0 Å². The van der Waals surface area contributed by atoms with Crippen LogP contribution in [0, 0.1) is 0 Å². The van der Waals surface area contributed by atoms with Crippen molar-refractivity contribution in [2.75, 3.05) is 17.1 Å². The van der Waals surface area contributed by atoms with E-state index in [9.17, 15) is 18.0 Å². The predicted octanol–water partition coefficient (Wildman–Crippen LogP) is 5.78. The Kier molecular flexibility index (Phi) is 9.41. The summed E-state index contributed by atoms with van der Waals surface area (Å²) in [5, 5.41) is 5.33. The monoisotopic (exact) mass is 589 g/mol. The fourth-order valence-corrected chi connectivity index (χ4v) is 6.40. The second kappa shape index (κ2) is 12.6. The number of carbonyl (C=O) groups excluding carboxylic acids is 2. The molecule has 0 saturated heterocycles. The Morgan fingerprint density at radius 1 is 0.949 bits per heavy atom. The van der Waals surface area contributed by atoms with Crippen LogP contribution in [0.15, 0.2) is 60.7 Å².